The third-order valence-electron chi connectivity index (χ3n) is 2.30. The van der Waals surface area contributed by atoms with E-state index in [-0.39, 0.29) is 0 Å². The van der Waals surface area contributed by atoms with Gasteiger partial charge in [0.2, 0.25) is 0 Å². The Morgan fingerprint density at radius 2 is 1.94 bits per heavy atom. The zero-order valence-corrected chi connectivity index (χ0v) is 10.2. The highest BCUT2D eigenvalue weighted by Crippen LogP contribution is 2.23. The van der Waals surface area contributed by atoms with Gasteiger partial charge in [0.25, 0.3) is 0 Å². The minimum Gasteiger partial charge on any atom is -0.354 e. The molecule has 2 heteroatoms. The predicted octanol–water partition coefficient (Wildman–Crippen LogP) is 4.18. The van der Waals surface area contributed by atoms with E-state index in [1.54, 1.807) is 6.08 Å². The van der Waals surface area contributed by atoms with Gasteiger partial charge in [0, 0.05) is 34.1 Å². The monoisotopic (exact) mass is 214 g/mol. The largest absolute Gasteiger partial charge is 0.354 e. The van der Waals surface area contributed by atoms with Gasteiger partial charge in [-0.3, -0.25) is 4.98 Å². The van der Waals surface area contributed by atoms with E-state index in [1.807, 2.05) is 39.1 Å². The molecule has 84 valence electrons. The number of fused-ring (bicyclic) bond motifs is 1. The van der Waals surface area contributed by atoms with Crippen LogP contribution < -0.4 is 0 Å². The maximum atomic E-state index is 4.26. The van der Waals surface area contributed by atoms with E-state index >= 15 is 0 Å². The van der Waals surface area contributed by atoms with Crippen molar-refractivity contribution < 1.29 is 0 Å². The molecule has 2 rings (SSSR count). The zero-order chi connectivity index (χ0) is 12.1. The molecule has 2 aromatic heterocycles. The molecule has 0 saturated heterocycles. The quantitative estimate of drug-likeness (QED) is 0.798. The summed E-state index contributed by atoms with van der Waals surface area (Å²) in [7, 11) is 0. The fourth-order valence-corrected chi connectivity index (χ4v) is 1.62. The van der Waals surface area contributed by atoms with E-state index in [0.29, 0.717) is 0 Å². The minimum atomic E-state index is 1.00. The van der Waals surface area contributed by atoms with Gasteiger partial charge in [0.05, 0.1) is 0 Å². The van der Waals surface area contributed by atoms with Crippen molar-refractivity contribution in [1.29, 1.82) is 0 Å². The first-order chi connectivity index (χ1) is 7.76. The van der Waals surface area contributed by atoms with Crippen LogP contribution >= 0.6 is 0 Å². The van der Waals surface area contributed by atoms with Crippen LogP contribution in [0.1, 0.15) is 30.8 Å². The van der Waals surface area contributed by atoms with Gasteiger partial charge in [-0.15, -0.1) is 0 Å². The Kier molecular flexibility index (Phi) is 4.06. The van der Waals surface area contributed by atoms with Crippen molar-refractivity contribution in [3.8, 4) is 0 Å². The van der Waals surface area contributed by atoms with E-state index in [2.05, 4.69) is 23.1 Å². The molecule has 0 atom stereocenters. The van der Waals surface area contributed by atoms with Gasteiger partial charge in [-0.25, -0.2) is 0 Å². The lowest BCUT2D eigenvalue weighted by Gasteiger charge is -1.92. The van der Waals surface area contributed by atoms with Crippen LogP contribution in [-0.4, -0.2) is 9.97 Å². The summed E-state index contributed by atoms with van der Waals surface area (Å²) < 4.78 is 0. The van der Waals surface area contributed by atoms with E-state index in [0.717, 1.165) is 27.9 Å². The summed E-state index contributed by atoms with van der Waals surface area (Å²) in [5, 5.41) is 1.10. The molecule has 2 heterocycles. The minimum absolute atomic E-state index is 1.00. The lowest BCUT2D eigenvalue weighted by Crippen LogP contribution is -1.78. The third-order valence-corrected chi connectivity index (χ3v) is 2.30. The molecule has 0 spiro atoms. The standard InChI is InChI=1S/C12H12N2.C2H6/c1-4-9-10-7-13-8(3)6-12(10)14-11(9)5-2;1-2/h4-7,14H,1-2H2,3H3;1-2H3. The summed E-state index contributed by atoms with van der Waals surface area (Å²) in [6.07, 6.45) is 5.49. The molecule has 2 nitrogen and oxygen atoms in total. The molecule has 0 aromatic carbocycles. The van der Waals surface area contributed by atoms with Crippen molar-refractivity contribution in [3.05, 3.63) is 42.4 Å². The summed E-state index contributed by atoms with van der Waals surface area (Å²) in [5.41, 5.74) is 4.16. The number of H-pyrrole nitrogens is 1. The van der Waals surface area contributed by atoms with Crippen LogP contribution in [0.4, 0.5) is 0 Å². The van der Waals surface area contributed by atoms with E-state index in [4.69, 9.17) is 0 Å². The summed E-state index contributed by atoms with van der Waals surface area (Å²) in [6, 6.07) is 2.02. The molecular weight excluding hydrogens is 196 g/mol. The molecular formula is C14H18N2. The van der Waals surface area contributed by atoms with Gasteiger partial charge in [0.15, 0.2) is 0 Å². The Balaban J connectivity index is 0.000000606. The van der Waals surface area contributed by atoms with Gasteiger partial charge >= 0.3 is 0 Å². The van der Waals surface area contributed by atoms with E-state index in [1.165, 1.54) is 0 Å². The second-order valence-electron chi connectivity index (χ2n) is 3.23. The Labute approximate surface area is 96.7 Å². The second kappa shape index (κ2) is 5.31. The smallest absolute Gasteiger partial charge is 0.0498 e. The molecule has 0 aliphatic heterocycles. The fourth-order valence-electron chi connectivity index (χ4n) is 1.62. The summed E-state index contributed by atoms with van der Waals surface area (Å²) >= 11 is 0. The lowest BCUT2D eigenvalue weighted by molar-refractivity contribution is 1.22. The summed E-state index contributed by atoms with van der Waals surface area (Å²) in [4.78, 5) is 7.54. The van der Waals surface area contributed by atoms with Gasteiger partial charge < -0.3 is 4.98 Å². The normalized spacial score (nSPS) is 9.44. The highest BCUT2D eigenvalue weighted by molar-refractivity contribution is 5.92. The van der Waals surface area contributed by atoms with Gasteiger partial charge in [-0.05, 0) is 19.1 Å². The summed E-state index contributed by atoms with van der Waals surface area (Å²) in [6.45, 7) is 13.5. The molecule has 0 saturated carbocycles. The predicted molar refractivity (Wildman–Crippen MR) is 72.4 cm³/mol. The molecule has 0 aliphatic carbocycles. The van der Waals surface area contributed by atoms with Crippen LogP contribution in [0.3, 0.4) is 0 Å². The van der Waals surface area contributed by atoms with Crippen LogP contribution in [0.25, 0.3) is 23.1 Å². The number of aromatic amines is 1. The van der Waals surface area contributed by atoms with Crippen molar-refractivity contribution in [2.24, 2.45) is 0 Å². The number of rotatable bonds is 2. The van der Waals surface area contributed by atoms with Gasteiger partial charge in [-0.1, -0.05) is 33.1 Å². The summed E-state index contributed by atoms with van der Waals surface area (Å²) in [5.74, 6) is 0. The SMILES string of the molecule is C=Cc1[nH]c2cc(C)ncc2c1C=C.CC. The van der Waals surface area contributed by atoms with Crippen molar-refractivity contribution in [1.82, 2.24) is 9.97 Å². The van der Waals surface area contributed by atoms with E-state index in [9.17, 15) is 0 Å². The van der Waals surface area contributed by atoms with Crippen LogP contribution in [-0.2, 0) is 0 Å². The maximum absolute atomic E-state index is 4.26. The molecule has 1 N–H and O–H groups in total. The topological polar surface area (TPSA) is 28.7 Å². The zero-order valence-electron chi connectivity index (χ0n) is 10.2. The van der Waals surface area contributed by atoms with Gasteiger partial charge in [-0.2, -0.15) is 0 Å². The fraction of sp³-hybridized carbons (Fsp3) is 0.214. The highest BCUT2D eigenvalue weighted by atomic mass is 14.7. The Morgan fingerprint density at radius 1 is 1.25 bits per heavy atom. The van der Waals surface area contributed by atoms with Crippen molar-refractivity contribution >= 4 is 23.1 Å². The molecule has 16 heavy (non-hydrogen) atoms. The lowest BCUT2D eigenvalue weighted by atomic mass is 10.1. The van der Waals surface area contributed by atoms with E-state index < -0.39 is 0 Å². The Bertz CT molecular complexity index is 507. The third kappa shape index (κ3) is 2.06. The van der Waals surface area contributed by atoms with Crippen LogP contribution in [0.2, 0.25) is 0 Å². The maximum Gasteiger partial charge on any atom is 0.0498 e. The van der Waals surface area contributed by atoms with Crippen molar-refractivity contribution in [2.45, 2.75) is 20.8 Å². The first-order valence-corrected chi connectivity index (χ1v) is 5.49. The number of nitrogens with zero attached hydrogens (tertiary/aromatic N) is 1. The first-order valence-electron chi connectivity index (χ1n) is 5.49. The van der Waals surface area contributed by atoms with Gasteiger partial charge in [0.1, 0.15) is 0 Å². The molecule has 0 unspecified atom stereocenters. The first kappa shape index (κ1) is 12.2. The number of nitrogens with one attached hydrogen (secondary N) is 1. The Morgan fingerprint density at radius 3 is 2.50 bits per heavy atom. The molecule has 0 amide bonds. The van der Waals surface area contributed by atoms with Crippen LogP contribution in [0, 0.1) is 6.92 Å². The number of hydrogen-bond acceptors (Lipinski definition) is 1. The average Bonchev–Trinajstić information content (AvgIpc) is 2.68. The number of aromatic nitrogens is 2. The average molecular weight is 214 g/mol. The highest BCUT2D eigenvalue weighted by Gasteiger charge is 2.06. The number of aryl methyl sites for hydroxylation is 1. The number of hydrogen-bond donors (Lipinski definition) is 1. The van der Waals surface area contributed by atoms with Crippen molar-refractivity contribution in [3.63, 3.8) is 0 Å². The molecule has 0 aliphatic rings. The second-order valence-corrected chi connectivity index (χ2v) is 3.23. The van der Waals surface area contributed by atoms with Crippen LogP contribution in [0.5, 0.6) is 0 Å². The molecule has 2 aromatic rings. The van der Waals surface area contributed by atoms with Crippen LogP contribution in [0.15, 0.2) is 25.4 Å². The number of pyridine rings is 1. The molecule has 0 radical (unpaired) electrons. The molecule has 0 bridgehead atoms. The van der Waals surface area contributed by atoms with Crippen molar-refractivity contribution in [2.75, 3.05) is 0 Å². The molecule has 0 fully saturated rings. The Hall–Kier alpha value is -1.83.